The maximum atomic E-state index is 14.1. The molecule has 0 heterocycles. The molecule has 2 amide bonds. The summed E-state index contributed by atoms with van der Waals surface area (Å²) >= 11 is 6.06. The Morgan fingerprint density at radius 1 is 0.976 bits per heavy atom. The minimum Gasteiger partial charge on any atom is -0.495 e. The summed E-state index contributed by atoms with van der Waals surface area (Å²) in [6.07, 6.45) is 1.71. The van der Waals surface area contributed by atoms with Crippen molar-refractivity contribution in [1.82, 2.24) is 10.2 Å². The normalized spacial score (nSPS) is 12.0. The van der Waals surface area contributed by atoms with Gasteiger partial charge in [-0.3, -0.25) is 13.9 Å². The second-order valence-electron chi connectivity index (χ2n) is 9.97. The van der Waals surface area contributed by atoms with Crippen LogP contribution in [0.15, 0.2) is 71.6 Å². The number of amides is 2. The molecule has 3 rings (SSSR count). The number of ether oxygens (including phenoxy) is 1. The number of halogens is 1. The Morgan fingerprint density at radius 2 is 1.61 bits per heavy atom. The number of carbonyl (C=O) groups excluding carboxylic acids is 2. The van der Waals surface area contributed by atoms with Crippen molar-refractivity contribution in [3.05, 3.63) is 88.4 Å². The van der Waals surface area contributed by atoms with Gasteiger partial charge in [-0.15, -0.1) is 0 Å². The predicted molar refractivity (Wildman–Crippen MR) is 163 cm³/mol. The Balaban J connectivity index is 2.06. The van der Waals surface area contributed by atoms with Gasteiger partial charge in [0, 0.05) is 18.1 Å². The number of nitrogens with one attached hydrogen (secondary N) is 1. The topological polar surface area (TPSA) is 96.0 Å². The van der Waals surface area contributed by atoms with Crippen LogP contribution in [0.4, 0.5) is 5.69 Å². The molecule has 0 radical (unpaired) electrons. The van der Waals surface area contributed by atoms with E-state index in [0.29, 0.717) is 17.3 Å². The molecule has 41 heavy (non-hydrogen) atoms. The maximum Gasteiger partial charge on any atom is 0.264 e. The molecular weight excluding hydrogens is 562 g/mol. The van der Waals surface area contributed by atoms with Gasteiger partial charge in [-0.2, -0.15) is 0 Å². The first-order valence-electron chi connectivity index (χ1n) is 13.5. The van der Waals surface area contributed by atoms with Crippen LogP contribution in [0.2, 0.25) is 5.02 Å². The van der Waals surface area contributed by atoms with Gasteiger partial charge in [-0.1, -0.05) is 60.8 Å². The predicted octanol–water partition coefficient (Wildman–Crippen LogP) is 5.49. The Kier molecular flexibility index (Phi) is 11.2. The van der Waals surface area contributed by atoms with E-state index in [1.807, 2.05) is 20.8 Å². The van der Waals surface area contributed by atoms with Crippen molar-refractivity contribution in [1.29, 1.82) is 0 Å². The molecule has 0 unspecified atom stereocenters. The minimum absolute atomic E-state index is 0.0362. The summed E-state index contributed by atoms with van der Waals surface area (Å²) in [5.41, 5.74) is 2.67. The lowest BCUT2D eigenvalue weighted by atomic mass is 10.1. The van der Waals surface area contributed by atoms with E-state index in [4.69, 9.17) is 16.3 Å². The Bertz CT molecular complexity index is 1440. The number of hydrogen-bond acceptors (Lipinski definition) is 5. The van der Waals surface area contributed by atoms with Crippen LogP contribution in [0.3, 0.4) is 0 Å². The molecule has 0 bridgehead atoms. The average Bonchev–Trinajstić information content (AvgIpc) is 2.95. The smallest absolute Gasteiger partial charge is 0.264 e. The molecule has 220 valence electrons. The quantitative estimate of drug-likeness (QED) is 0.262. The molecule has 0 saturated heterocycles. The lowest BCUT2D eigenvalue weighted by Gasteiger charge is -2.32. The third-order valence-corrected chi connectivity index (χ3v) is 8.78. The number of methoxy groups -OCH3 is 1. The zero-order valence-corrected chi connectivity index (χ0v) is 25.8. The maximum absolute atomic E-state index is 14.1. The van der Waals surface area contributed by atoms with Gasteiger partial charge >= 0.3 is 0 Å². The summed E-state index contributed by atoms with van der Waals surface area (Å²) < 4.78 is 34.7. The van der Waals surface area contributed by atoms with Gasteiger partial charge in [-0.05, 0) is 74.7 Å². The van der Waals surface area contributed by atoms with E-state index in [1.54, 1.807) is 61.5 Å². The van der Waals surface area contributed by atoms with E-state index in [9.17, 15) is 18.0 Å². The molecule has 1 atom stereocenters. The van der Waals surface area contributed by atoms with E-state index in [2.05, 4.69) is 5.32 Å². The fraction of sp³-hybridized carbons (Fsp3) is 0.355. The Labute approximate surface area is 248 Å². The zero-order valence-electron chi connectivity index (χ0n) is 24.2. The molecule has 0 aliphatic carbocycles. The van der Waals surface area contributed by atoms with Gasteiger partial charge in [0.15, 0.2) is 0 Å². The van der Waals surface area contributed by atoms with Crippen molar-refractivity contribution >= 4 is 39.1 Å². The van der Waals surface area contributed by atoms with Crippen molar-refractivity contribution in [3.63, 3.8) is 0 Å². The fourth-order valence-electron chi connectivity index (χ4n) is 4.25. The van der Waals surface area contributed by atoms with Crippen LogP contribution in [-0.4, -0.2) is 51.4 Å². The van der Waals surface area contributed by atoms with E-state index in [1.165, 1.54) is 24.1 Å². The van der Waals surface area contributed by atoms with Crippen LogP contribution in [0.1, 0.15) is 43.4 Å². The van der Waals surface area contributed by atoms with E-state index in [-0.39, 0.29) is 23.0 Å². The molecule has 8 nitrogen and oxygen atoms in total. The van der Waals surface area contributed by atoms with Crippen LogP contribution < -0.4 is 14.4 Å². The SMILES string of the molecule is CCCCNC(=O)[C@@H](C)N(Cc1ccc(Cl)cc1)C(=O)CN(c1cc(C)ccc1OC)S(=O)(=O)c1ccc(C)cc1. The van der Waals surface area contributed by atoms with E-state index >= 15 is 0 Å². The molecule has 0 fully saturated rings. The summed E-state index contributed by atoms with van der Waals surface area (Å²) in [5.74, 6) is -0.562. The molecule has 0 aliphatic heterocycles. The molecule has 3 aromatic carbocycles. The lowest BCUT2D eigenvalue weighted by Crippen LogP contribution is -2.51. The van der Waals surface area contributed by atoms with Crippen molar-refractivity contribution < 1.29 is 22.7 Å². The lowest BCUT2D eigenvalue weighted by molar-refractivity contribution is -0.139. The molecular formula is C31H38ClN3O5S. The fourth-order valence-corrected chi connectivity index (χ4v) is 5.79. The van der Waals surface area contributed by atoms with E-state index < -0.39 is 28.5 Å². The van der Waals surface area contributed by atoms with Gasteiger partial charge in [-0.25, -0.2) is 8.42 Å². The summed E-state index contributed by atoms with van der Waals surface area (Å²) in [6.45, 7) is 7.38. The number of rotatable bonds is 13. The van der Waals surface area contributed by atoms with Crippen molar-refractivity contribution in [2.45, 2.75) is 58.0 Å². The second-order valence-corrected chi connectivity index (χ2v) is 12.3. The number of carbonyl (C=O) groups is 2. The number of benzene rings is 3. The third-order valence-electron chi connectivity index (χ3n) is 6.75. The highest BCUT2D eigenvalue weighted by molar-refractivity contribution is 7.92. The molecule has 0 aliphatic rings. The van der Waals surface area contributed by atoms with Gasteiger partial charge < -0.3 is 15.0 Å². The zero-order chi connectivity index (χ0) is 30.2. The molecule has 3 aromatic rings. The molecule has 0 aromatic heterocycles. The first kappa shape index (κ1) is 32.0. The van der Waals surface area contributed by atoms with Crippen molar-refractivity contribution in [2.24, 2.45) is 0 Å². The molecule has 0 spiro atoms. The van der Waals surface area contributed by atoms with Crippen LogP contribution >= 0.6 is 11.6 Å². The van der Waals surface area contributed by atoms with E-state index in [0.717, 1.165) is 33.8 Å². The van der Waals surface area contributed by atoms with Gasteiger partial charge in [0.05, 0.1) is 17.7 Å². The first-order chi connectivity index (χ1) is 19.5. The van der Waals surface area contributed by atoms with Crippen LogP contribution in [-0.2, 0) is 26.2 Å². The van der Waals surface area contributed by atoms with Crippen molar-refractivity contribution in [2.75, 3.05) is 24.5 Å². The highest BCUT2D eigenvalue weighted by atomic mass is 35.5. The monoisotopic (exact) mass is 599 g/mol. The number of unbranched alkanes of at least 4 members (excludes halogenated alkanes) is 1. The molecule has 10 heteroatoms. The number of hydrogen-bond donors (Lipinski definition) is 1. The summed E-state index contributed by atoms with van der Waals surface area (Å²) in [6, 6.07) is 17.7. The Hall–Kier alpha value is -3.56. The first-order valence-corrected chi connectivity index (χ1v) is 15.4. The number of anilines is 1. The summed E-state index contributed by atoms with van der Waals surface area (Å²) in [5, 5.41) is 3.42. The highest BCUT2D eigenvalue weighted by Gasteiger charge is 2.33. The van der Waals surface area contributed by atoms with Crippen LogP contribution in [0.5, 0.6) is 5.75 Å². The number of sulfonamides is 1. The largest absolute Gasteiger partial charge is 0.495 e. The van der Waals surface area contributed by atoms with Crippen molar-refractivity contribution in [3.8, 4) is 5.75 Å². The Morgan fingerprint density at radius 3 is 2.22 bits per heavy atom. The summed E-state index contributed by atoms with van der Waals surface area (Å²) in [4.78, 5) is 28.6. The van der Waals surface area contributed by atoms with Gasteiger partial charge in [0.1, 0.15) is 18.3 Å². The van der Waals surface area contributed by atoms with Gasteiger partial charge in [0.25, 0.3) is 10.0 Å². The number of nitrogens with zero attached hydrogens (tertiary/aromatic N) is 2. The van der Waals surface area contributed by atoms with Gasteiger partial charge in [0.2, 0.25) is 11.8 Å². The average molecular weight is 600 g/mol. The molecule has 0 saturated carbocycles. The van der Waals surface area contributed by atoms with Crippen LogP contribution in [0.25, 0.3) is 0 Å². The van der Waals surface area contributed by atoms with Crippen LogP contribution in [0, 0.1) is 13.8 Å². The second kappa shape index (κ2) is 14.4. The third kappa shape index (κ3) is 8.24. The number of aryl methyl sites for hydroxylation is 2. The molecule has 1 N–H and O–H groups in total. The standard InChI is InChI=1S/C31H38ClN3O5S/c1-6-7-18-33-31(37)24(4)34(20-25-11-13-26(32)14-12-25)30(36)21-35(28-19-23(3)10-17-29(28)40-5)41(38,39)27-15-8-22(2)9-16-27/h8-17,19,24H,6-7,18,20-21H2,1-5H3,(H,33,37)/t24-/m1/s1. The minimum atomic E-state index is -4.20. The summed E-state index contributed by atoms with van der Waals surface area (Å²) in [7, 11) is -2.76. The highest BCUT2D eigenvalue weighted by Crippen LogP contribution is 2.34.